The zero-order chi connectivity index (χ0) is 22.1. The van der Waals surface area contributed by atoms with Gasteiger partial charge in [-0.2, -0.15) is 4.31 Å². The van der Waals surface area contributed by atoms with Gasteiger partial charge in [-0.1, -0.05) is 6.07 Å². The van der Waals surface area contributed by atoms with Crippen molar-refractivity contribution in [2.24, 2.45) is 0 Å². The molecule has 0 bridgehead atoms. The van der Waals surface area contributed by atoms with Crippen LogP contribution in [-0.2, 0) is 10.0 Å². The van der Waals surface area contributed by atoms with Gasteiger partial charge in [0.15, 0.2) is 5.82 Å². The lowest BCUT2D eigenvalue weighted by atomic mass is 10.1. The molecule has 0 spiro atoms. The molecule has 1 unspecified atom stereocenters. The van der Waals surface area contributed by atoms with Crippen molar-refractivity contribution in [1.82, 2.24) is 18.9 Å². The number of nitrogen functional groups attached to an aromatic ring is 1. The van der Waals surface area contributed by atoms with Crippen LogP contribution >= 0.6 is 0 Å². The topological polar surface area (TPSA) is 93.6 Å². The first-order chi connectivity index (χ1) is 14.1. The first kappa shape index (κ1) is 22.0. The lowest BCUT2D eigenvalue weighted by molar-refractivity contribution is 0.203. The fourth-order valence-electron chi connectivity index (χ4n) is 3.08. The standard InChI is InChI=1S/C12H7F3N4.C6H12FNO2S/c13-6-2-1-3-7(14)11(6)9-4-8(15)10-5-17-12(16)18-19(9)10;1-11(9,10)8-4-2-3-6(7)5-8/h1-5H,(H2,16,18);6H,2-5H2,1H3. The van der Waals surface area contributed by atoms with Crippen LogP contribution in [0.1, 0.15) is 12.8 Å². The lowest BCUT2D eigenvalue weighted by Gasteiger charge is -2.26. The Bertz CT molecular complexity index is 1150. The van der Waals surface area contributed by atoms with E-state index in [9.17, 15) is 26.0 Å². The summed E-state index contributed by atoms with van der Waals surface area (Å²) in [6.45, 7) is 0.512. The molecule has 0 amide bonds. The summed E-state index contributed by atoms with van der Waals surface area (Å²) in [6, 6.07) is 4.38. The molecule has 0 saturated carbocycles. The molecule has 4 rings (SSSR count). The van der Waals surface area contributed by atoms with Crippen LogP contribution in [0.4, 0.5) is 23.5 Å². The minimum absolute atomic E-state index is 0.00754. The van der Waals surface area contributed by atoms with Crippen LogP contribution in [0.25, 0.3) is 16.8 Å². The van der Waals surface area contributed by atoms with Crippen molar-refractivity contribution in [3.63, 3.8) is 0 Å². The highest BCUT2D eigenvalue weighted by Crippen LogP contribution is 2.29. The Balaban J connectivity index is 0.000000199. The van der Waals surface area contributed by atoms with Gasteiger partial charge in [0.25, 0.3) is 0 Å². The van der Waals surface area contributed by atoms with E-state index in [0.29, 0.717) is 19.4 Å². The van der Waals surface area contributed by atoms with Gasteiger partial charge in [-0.05, 0) is 25.0 Å². The number of aromatic nitrogens is 3. The molecule has 2 N–H and O–H groups in total. The van der Waals surface area contributed by atoms with E-state index in [1.54, 1.807) is 0 Å². The van der Waals surface area contributed by atoms with Crippen molar-refractivity contribution in [2.75, 3.05) is 25.1 Å². The number of nitrogens with two attached hydrogens (primary N) is 1. The van der Waals surface area contributed by atoms with Gasteiger partial charge < -0.3 is 5.73 Å². The molecule has 1 aliphatic heterocycles. The number of benzene rings is 1. The van der Waals surface area contributed by atoms with E-state index in [1.807, 2.05) is 0 Å². The third-order valence-electron chi connectivity index (χ3n) is 4.50. The van der Waals surface area contributed by atoms with E-state index in [1.165, 1.54) is 10.4 Å². The number of fused-ring (bicyclic) bond motifs is 1. The van der Waals surface area contributed by atoms with E-state index in [0.717, 1.165) is 35.2 Å². The summed E-state index contributed by atoms with van der Waals surface area (Å²) in [4.78, 5) is 3.64. The van der Waals surface area contributed by atoms with E-state index in [4.69, 9.17) is 5.73 Å². The number of nitrogens with zero attached hydrogens (tertiary/aromatic N) is 4. The van der Waals surface area contributed by atoms with E-state index >= 15 is 0 Å². The third kappa shape index (κ3) is 4.70. The van der Waals surface area contributed by atoms with Crippen LogP contribution in [0.15, 0.2) is 30.5 Å². The average molecular weight is 445 g/mol. The molecule has 1 aromatic carbocycles. The van der Waals surface area contributed by atoms with Crippen LogP contribution in [0.3, 0.4) is 0 Å². The first-order valence-electron chi connectivity index (χ1n) is 8.91. The summed E-state index contributed by atoms with van der Waals surface area (Å²) in [5.41, 5.74) is 4.98. The van der Waals surface area contributed by atoms with Crippen molar-refractivity contribution in [1.29, 1.82) is 0 Å². The Morgan fingerprint density at radius 3 is 2.40 bits per heavy atom. The molecule has 1 saturated heterocycles. The maximum Gasteiger partial charge on any atom is 0.238 e. The van der Waals surface area contributed by atoms with Crippen LogP contribution < -0.4 is 5.73 Å². The minimum Gasteiger partial charge on any atom is -0.367 e. The van der Waals surface area contributed by atoms with Gasteiger partial charge in [-0.3, -0.25) is 0 Å². The molecule has 1 atom stereocenters. The normalized spacial score (nSPS) is 17.6. The molecule has 0 aliphatic carbocycles. The molecule has 3 aromatic rings. The third-order valence-corrected chi connectivity index (χ3v) is 5.77. The zero-order valence-corrected chi connectivity index (χ0v) is 16.7. The smallest absolute Gasteiger partial charge is 0.238 e. The Morgan fingerprint density at radius 2 is 1.83 bits per heavy atom. The highest BCUT2D eigenvalue weighted by atomic mass is 32.2. The van der Waals surface area contributed by atoms with Crippen molar-refractivity contribution >= 4 is 21.5 Å². The number of hydrogen-bond donors (Lipinski definition) is 1. The van der Waals surface area contributed by atoms with Gasteiger partial charge in [0.2, 0.25) is 16.0 Å². The highest BCUT2D eigenvalue weighted by molar-refractivity contribution is 7.88. The SMILES string of the molecule is CS(=O)(=O)N1CCCC(F)C1.Nc1ncc2c(F)cc(-c3c(F)cccc3F)n2n1. The monoisotopic (exact) mass is 445 g/mol. The average Bonchev–Trinajstić information content (AvgIpc) is 2.97. The van der Waals surface area contributed by atoms with Crippen LogP contribution in [0.2, 0.25) is 0 Å². The predicted molar refractivity (Wildman–Crippen MR) is 103 cm³/mol. The summed E-state index contributed by atoms with van der Waals surface area (Å²) >= 11 is 0. The van der Waals surface area contributed by atoms with Gasteiger partial charge in [-0.15, -0.1) is 5.10 Å². The van der Waals surface area contributed by atoms with Crippen molar-refractivity contribution < 1.29 is 26.0 Å². The number of anilines is 1. The molecule has 3 heterocycles. The zero-order valence-electron chi connectivity index (χ0n) is 15.9. The van der Waals surface area contributed by atoms with Crippen LogP contribution in [0.5, 0.6) is 0 Å². The number of alkyl halides is 1. The highest BCUT2D eigenvalue weighted by Gasteiger charge is 2.25. The number of piperidine rings is 1. The molecular formula is C18H19F4N5O2S. The van der Waals surface area contributed by atoms with E-state index in [2.05, 4.69) is 10.1 Å². The quantitative estimate of drug-likeness (QED) is 0.613. The summed E-state index contributed by atoms with van der Waals surface area (Å²) in [5.74, 6) is -2.42. The second-order valence-corrected chi connectivity index (χ2v) is 8.73. The van der Waals surface area contributed by atoms with Crippen molar-refractivity contribution in [3.8, 4) is 11.3 Å². The number of rotatable bonds is 2. The Kier molecular flexibility index (Phi) is 6.27. The number of hydrogen-bond acceptors (Lipinski definition) is 5. The van der Waals surface area contributed by atoms with Gasteiger partial charge in [0, 0.05) is 19.2 Å². The largest absolute Gasteiger partial charge is 0.367 e. The summed E-state index contributed by atoms with van der Waals surface area (Å²) < 4.78 is 77.8. The number of sulfonamides is 1. The van der Waals surface area contributed by atoms with Gasteiger partial charge in [0.05, 0.1) is 23.7 Å². The molecule has 12 heteroatoms. The lowest BCUT2D eigenvalue weighted by Crippen LogP contribution is -2.39. The molecule has 1 aliphatic rings. The molecule has 0 radical (unpaired) electrons. The summed E-state index contributed by atoms with van der Waals surface area (Å²) in [6.07, 6.45) is 2.42. The van der Waals surface area contributed by atoms with Crippen molar-refractivity contribution in [2.45, 2.75) is 19.0 Å². The molecule has 162 valence electrons. The summed E-state index contributed by atoms with van der Waals surface area (Å²) in [5, 5.41) is 3.77. The van der Waals surface area contributed by atoms with Gasteiger partial charge in [-0.25, -0.2) is 35.5 Å². The van der Waals surface area contributed by atoms with E-state index < -0.39 is 33.6 Å². The molecular weight excluding hydrogens is 426 g/mol. The maximum absolute atomic E-state index is 13.7. The molecule has 7 nitrogen and oxygen atoms in total. The Labute approximate surface area is 170 Å². The van der Waals surface area contributed by atoms with E-state index in [-0.39, 0.29) is 29.3 Å². The Morgan fingerprint density at radius 1 is 1.17 bits per heavy atom. The fraction of sp³-hybridized carbons (Fsp3) is 0.333. The molecule has 1 fully saturated rings. The molecule has 30 heavy (non-hydrogen) atoms. The second-order valence-electron chi connectivity index (χ2n) is 6.75. The maximum atomic E-state index is 13.7. The van der Waals surface area contributed by atoms with Crippen LogP contribution in [-0.4, -0.2) is 52.8 Å². The minimum atomic E-state index is -3.17. The van der Waals surface area contributed by atoms with Gasteiger partial charge in [0.1, 0.15) is 23.3 Å². The van der Waals surface area contributed by atoms with Gasteiger partial charge >= 0.3 is 0 Å². The van der Waals surface area contributed by atoms with Crippen molar-refractivity contribution in [3.05, 3.63) is 47.9 Å². The number of halogens is 4. The second kappa shape index (κ2) is 8.56. The molecule has 2 aromatic heterocycles. The first-order valence-corrected chi connectivity index (χ1v) is 10.8. The summed E-state index contributed by atoms with van der Waals surface area (Å²) in [7, 11) is -3.17. The fourth-order valence-corrected chi connectivity index (χ4v) is 3.97. The predicted octanol–water partition coefficient (Wildman–Crippen LogP) is 2.78. The van der Waals surface area contributed by atoms with Crippen LogP contribution in [0, 0.1) is 17.5 Å². The Hall–Kier alpha value is -2.73.